The standard InChI is InChI=1S/C17H24N2O3/c1-21-15-4-5-16(22-2)14(11-15)3-6-17(20)19-12-13-7-9-18-10-8-13/h4-5,7,11,18H,3,6,8-10,12H2,1-2H3,(H,19,20). The molecule has 120 valence electrons. The van der Waals surface area contributed by atoms with Crippen molar-refractivity contribution in [2.75, 3.05) is 33.9 Å². The van der Waals surface area contributed by atoms with Crippen LogP contribution in [0.15, 0.2) is 29.8 Å². The molecule has 5 nitrogen and oxygen atoms in total. The van der Waals surface area contributed by atoms with Crippen LogP contribution in [0.3, 0.4) is 0 Å². The number of nitrogens with one attached hydrogen (secondary N) is 2. The molecule has 22 heavy (non-hydrogen) atoms. The van der Waals surface area contributed by atoms with Crippen molar-refractivity contribution in [1.29, 1.82) is 0 Å². The maximum Gasteiger partial charge on any atom is 0.220 e. The molecule has 1 aliphatic rings. The number of amides is 1. The van der Waals surface area contributed by atoms with Crippen LogP contribution in [0.1, 0.15) is 18.4 Å². The minimum Gasteiger partial charge on any atom is -0.497 e. The van der Waals surface area contributed by atoms with Crippen LogP contribution in [0.5, 0.6) is 11.5 Å². The highest BCUT2D eigenvalue weighted by Gasteiger charge is 2.09. The van der Waals surface area contributed by atoms with E-state index in [9.17, 15) is 4.79 Å². The van der Waals surface area contributed by atoms with Crippen molar-refractivity contribution >= 4 is 5.91 Å². The second-order valence-corrected chi connectivity index (χ2v) is 5.27. The first-order chi connectivity index (χ1) is 10.7. The fourth-order valence-corrected chi connectivity index (χ4v) is 2.46. The van der Waals surface area contributed by atoms with Crippen molar-refractivity contribution in [2.24, 2.45) is 0 Å². The third-order valence-electron chi connectivity index (χ3n) is 3.78. The molecule has 2 rings (SSSR count). The van der Waals surface area contributed by atoms with Gasteiger partial charge >= 0.3 is 0 Å². The molecule has 1 aliphatic heterocycles. The Bertz CT molecular complexity index is 541. The predicted molar refractivity (Wildman–Crippen MR) is 86.4 cm³/mol. The largest absolute Gasteiger partial charge is 0.497 e. The lowest BCUT2D eigenvalue weighted by molar-refractivity contribution is -0.120. The first-order valence-corrected chi connectivity index (χ1v) is 7.59. The normalized spacial score (nSPS) is 14.2. The van der Waals surface area contributed by atoms with Gasteiger partial charge in [-0.05, 0) is 43.1 Å². The van der Waals surface area contributed by atoms with Crippen LogP contribution in [0, 0.1) is 0 Å². The number of carbonyl (C=O) groups excluding carboxylic acids is 1. The van der Waals surface area contributed by atoms with E-state index in [4.69, 9.17) is 9.47 Å². The predicted octanol–water partition coefficient (Wildman–Crippen LogP) is 1.67. The number of carbonyl (C=O) groups is 1. The maximum absolute atomic E-state index is 12.0. The van der Waals surface area contributed by atoms with Crippen LogP contribution in [0.4, 0.5) is 0 Å². The molecule has 0 bridgehead atoms. The molecule has 0 aliphatic carbocycles. The van der Waals surface area contributed by atoms with Gasteiger partial charge in [-0.2, -0.15) is 0 Å². The van der Waals surface area contributed by atoms with E-state index < -0.39 is 0 Å². The number of benzene rings is 1. The maximum atomic E-state index is 12.0. The summed E-state index contributed by atoms with van der Waals surface area (Å²) in [5.41, 5.74) is 2.28. The van der Waals surface area contributed by atoms with Gasteiger partial charge in [0.05, 0.1) is 14.2 Å². The summed E-state index contributed by atoms with van der Waals surface area (Å²) in [7, 11) is 3.26. The third kappa shape index (κ3) is 4.77. The van der Waals surface area contributed by atoms with Crippen molar-refractivity contribution in [3.8, 4) is 11.5 Å². The molecule has 1 heterocycles. The topological polar surface area (TPSA) is 59.6 Å². The lowest BCUT2D eigenvalue weighted by Gasteiger charge is -2.15. The molecule has 0 aromatic heterocycles. The van der Waals surface area contributed by atoms with Gasteiger partial charge in [-0.1, -0.05) is 11.6 Å². The smallest absolute Gasteiger partial charge is 0.220 e. The Morgan fingerprint density at radius 1 is 1.32 bits per heavy atom. The molecule has 0 fully saturated rings. The molecule has 0 spiro atoms. The number of ether oxygens (including phenoxy) is 2. The summed E-state index contributed by atoms with van der Waals surface area (Å²) >= 11 is 0. The molecule has 1 aromatic carbocycles. The zero-order valence-electron chi connectivity index (χ0n) is 13.3. The Kier molecular flexibility index (Phi) is 6.27. The lowest BCUT2D eigenvalue weighted by atomic mass is 10.1. The first kappa shape index (κ1) is 16.4. The zero-order chi connectivity index (χ0) is 15.8. The third-order valence-corrected chi connectivity index (χ3v) is 3.78. The second-order valence-electron chi connectivity index (χ2n) is 5.27. The number of aryl methyl sites for hydroxylation is 1. The van der Waals surface area contributed by atoms with Gasteiger partial charge in [0.1, 0.15) is 11.5 Å². The minimum absolute atomic E-state index is 0.0595. The van der Waals surface area contributed by atoms with Crippen molar-refractivity contribution in [1.82, 2.24) is 10.6 Å². The summed E-state index contributed by atoms with van der Waals surface area (Å²) in [6, 6.07) is 5.64. The van der Waals surface area contributed by atoms with Crippen LogP contribution < -0.4 is 20.1 Å². The Hall–Kier alpha value is -2.01. The summed E-state index contributed by atoms with van der Waals surface area (Å²) in [5.74, 6) is 1.62. The molecule has 5 heteroatoms. The van der Waals surface area contributed by atoms with Crippen molar-refractivity contribution in [2.45, 2.75) is 19.3 Å². The van der Waals surface area contributed by atoms with Gasteiger partial charge in [0.25, 0.3) is 0 Å². The number of hydrogen-bond donors (Lipinski definition) is 2. The molecule has 0 saturated heterocycles. The van der Waals surface area contributed by atoms with Crippen LogP contribution >= 0.6 is 0 Å². The molecular formula is C17H24N2O3. The van der Waals surface area contributed by atoms with E-state index in [1.54, 1.807) is 14.2 Å². The Balaban J connectivity index is 1.83. The molecule has 0 saturated carbocycles. The quantitative estimate of drug-likeness (QED) is 0.752. The van der Waals surface area contributed by atoms with Gasteiger partial charge < -0.3 is 20.1 Å². The van der Waals surface area contributed by atoms with Gasteiger partial charge in [0, 0.05) is 19.5 Å². The highest BCUT2D eigenvalue weighted by Crippen LogP contribution is 2.25. The molecule has 0 atom stereocenters. The highest BCUT2D eigenvalue weighted by atomic mass is 16.5. The van der Waals surface area contributed by atoms with E-state index in [0.29, 0.717) is 19.4 Å². The number of methoxy groups -OCH3 is 2. The average Bonchev–Trinajstić information content (AvgIpc) is 2.58. The van der Waals surface area contributed by atoms with Gasteiger partial charge in [0.2, 0.25) is 5.91 Å². The van der Waals surface area contributed by atoms with Gasteiger partial charge in [0.15, 0.2) is 0 Å². The number of hydrogen-bond acceptors (Lipinski definition) is 4. The average molecular weight is 304 g/mol. The van der Waals surface area contributed by atoms with Crippen LogP contribution in [-0.4, -0.2) is 39.8 Å². The minimum atomic E-state index is 0.0595. The van der Waals surface area contributed by atoms with Crippen LogP contribution in [0.25, 0.3) is 0 Å². The van der Waals surface area contributed by atoms with E-state index in [-0.39, 0.29) is 5.91 Å². The highest BCUT2D eigenvalue weighted by molar-refractivity contribution is 5.76. The molecule has 0 radical (unpaired) electrons. The molecular weight excluding hydrogens is 280 g/mol. The Morgan fingerprint density at radius 3 is 2.86 bits per heavy atom. The fourth-order valence-electron chi connectivity index (χ4n) is 2.46. The molecule has 2 N–H and O–H groups in total. The van der Waals surface area contributed by atoms with E-state index in [2.05, 4.69) is 16.7 Å². The fraction of sp³-hybridized carbons (Fsp3) is 0.471. The number of rotatable bonds is 7. The Labute approximate surface area is 131 Å². The van der Waals surface area contributed by atoms with Crippen LogP contribution in [-0.2, 0) is 11.2 Å². The SMILES string of the molecule is COc1ccc(OC)c(CCC(=O)NCC2=CCNCC2)c1. The summed E-state index contributed by atoms with van der Waals surface area (Å²) < 4.78 is 10.5. The van der Waals surface area contributed by atoms with E-state index in [1.165, 1.54) is 5.57 Å². The van der Waals surface area contributed by atoms with Crippen molar-refractivity contribution in [3.05, 3.63) is 35.4 Å². The summed E-state index contributed by atoms with van der Waals surface area (Å²) in [6.07, 6.45) is 4.22. The monoisotopic (exact) mass is 304 g/mol. The summed E-state index contributed by atoms with van der Waals surface area (Å²) in [4.78, 5) is 12.0. The molecule has 1 amide bonds. The molecule has 1 aromatic rings. The summed E-state index contributed by atoms with van der Waals surface area (Å²) in [5, 5.41) is 6.24. The zero-order valence-corrected chi connectivity index (χ0v) is 13.3. The van der Waals surface area contributed by atoms with E-state index in [0.717, 1.165) is 36.6 Å². The summed E-state index contributed by atoms with van der Waals surface area (Å²) in [6.45, 7) is 2.53. The van der Waals surface area contributed by atoms with Crippen LogP contribution in [0.2, 0.25) is 0 Å². The lowest BCUT2D eigenvalue weighted by Crippen LogP contribution is -2.29. The molecule has 0 unspecified atom stereocenters. The van der Waals surface area contributed by atoms with E-state index >= 15 is 0 Å². The second kappa shape index (κ2) is 8.44. The van der Waals surface area contributed by atoms with Gasteiger partial charge in [-0.3, -0.25) is 4.79 Å². The van der Waals surface area contributed by atoms with Crippen molar-refractivity contribution in [3.63, 3.8) is 0 Å². The van der Waals surface area contributed by atoms with Gasteiger partial charge in [-0.15, -0.1) is 0 Å². The Morgan fingerprint density at radius 2 is 2.18 bits per heavy atom. The van der Waals surface area contributed by atoms with E-state index in [1.807, 2.05) is 18.2 Å². The van der Waals surface area contributed by atoms with Crippen molar-refractivity contribution < 1.29 is 14.3 Å². The van der Waals surface area contributed by atoms with Gasteiger partial charge in [-0.25, -0.2) is 0 Å². The first-order valence-electron chi connectivity index (χ1n) is 7.59.